The maximum Gasteiger partial charge on any atom is 0.299 e. The largest absolute Gasteiger partial charge is 0.322 e. The summed E-state index contributed by atoms with van der Waals surface area (Å²) in [6, 6.07) is 12.4. The molecule has 0 atom stereocenters. The molecule has 0 aromatic heterocycles. The van der Waals surface area contributed by atoms with Gasteiger partial charge in [-0.15, -0.1) is 0 Å². The molecule has 0 aliphatic carbocycles. The number of halogens is 1. The Balaban J connectivity index is 1.85. The van der Waals surface area contributed by atoms with Gasteiger partial charge in [-0.05, 0) is 71.0 Å². The van der Waals surface area contributed by atoms with Gasteiger partial charge < -0.3 is 5.32 Å². The lowest BCUT2D eigenvalue weighted by atomic mass is 10.1. The minimum atomic E-state index is -3.80. The Kier molecular flexibility index (Phi) is 4.30. The van der Waals surface area contributed by atoms with E-state index >= 15 is 0 Å². The monoisotopic (exact) mass is 443 g/mol. The highest BCUT2D eigenvalue weighted by atomic mass is 127. The van der Waals surface area contributed by atoms with Gasteiger partial charge in [0.2, 0.25) is 0 Å². The van der Waals surface area contributed by atoms with E-state index in [9.17, 15) is 13.2 Å². The van der Waals surface area contributed by atoms with Crippen molar-refractivity contribution in [1.82, 2.24) is 0 Å². The van der Waals surface area contributed by atoms with Crippen LogP contribution in [0.25, 0.3) is 0 Å². The summed E-state index contributed by atoms with van der Waals surface area (Å²) < 4.78 is 25.4. The van der Waals surface area contributed by atoms with Crippen LogP contribution in [0, 0.1) is 3.57 Å². The molecule has 1 amide bonds. The zero-order valence-electron chi connectivity index (χ0n) is 12.0. The van der Waals surface area contributed by atoms with Crippen LogP contribution < -0.4 is 14.8 Å². The van der Waals surface area contributed by atoms with Crippen LogP contribution in [0.2, 0.25) is 0 Å². The minimum Gasteiger partial charge on any atom is -0.322 e. The summed E-state index contributed by atoms with van der Waals surface area (Å²) in [5.41, 5.74) is 2.48. The molecule has 1 heterocycles. The number of benzene rings is 2. The summed E-state index contributed by atoms with van der Waals surface area (Å²) in [7, 11) is -3.80. The van der Waals surface area contributed by atoms with Gasteiger partial charge in [0.25, 0.3) is 16.1 Å². The van der Waals surface area contributed by atoms with Crippen LogP contribution in [-0.2, 0) is 16.6 Å². The van der Waals surface area contributed by atoms with Crippen molar-refractivity contribution in [2.75, 3.05) is 16.2 Å². The van der Waals surface area contributed by atoms with Gasteiger partial charge in [0.05, 0.1) is 5.69 Å². The molecule has 2 aromatic rings. The SMILES string of the molecule is NS(=O)(=O)N1CCc2ccc(NC(=O)c3ccc(I)cc3)cc21. The number of fused-ring (bicyclic) bond motifs is 1. The Morgan fingerprint density at radius 3 is 2.52 bits per heavy atom. The molecule has 0 spiro atoms. The van der Waals surface area contributed by atoms with Gasteiger partial charge in [0.1, 0.15) is 0 Å². The molecular formula is C15H14IN3O3S. The summed E-state index contributed by atoms with van der Waals surface area (Å²) in [6.45, 7) is 0.322. The molecule has 120 valence electrons. The second-order valence-corrected chi connectivity index (χ2v) is 7.89. The maximum absolute atomic E-state index is 12.2. The number of nitrogens with one attached hydrogen (secondary N) is 1. The third-order valence-electron chi connectivity index (χ3n) is 3.61. The van der Waals surface area contributed by atoms with Gasteiger partial charge in [0.15, 0.2) is 0 Å². The molecule has 0 unspecified atom stereocenters. The van der Waals surface area contributed by atoms with Crippen molar-refractivity contribution in [1.29, 1.82) is 0 Å². The van der Waals surface area contributed by atoms with E-state index in [0.29, 0.717) is 29.9 Å². The Labute approximate surface area is 148 Å². The fourth-order valence-corrected chi connectivity index (χ4v) is 3.65. The van der Waals surface area contributed by atoms with Crippen LogP contribution in [0.5, 0.6) is 0 Å². The second kappa shape index (κ2) is 6.10. The highest BCUT2D eigenvalue weighted by Gasteiger charge is 2.27. The first-order valence-corrected chi connectivity index (χ1v) is 9.43. The van der Waals surface area contributed by atoms with E-state index in [-0.39, 0.29) is 5.91 Å². The third kappa shape index (κ3) is 3.48. The van der Waals surface area contributed by atoms with Gasteiger partial charge in [0, 0.05) is 21.4 Å². The molecular weight excluding hydrogens is 429 g/mol. The first-order valence-electron chi connectivity index (χ1n) is 6.85. The first kappa shape index (κ1) is 16.2. The zero-order valence-corrected chi connectivity index (χ0v) is 15.0. The van der Waals surface area contributed by atoms with E-state index in [1.807, 2.05) is 18.2 Å². The van der Waals surface area contributed by atoms with Crippen molar-refractivity contribution < 1.29 is 13.2 Å². The van der Waals surface area contributed by atoms with Crippen LogP contribution in [0.3, 0.4) is 0 Å². The molecule has 3 N–H and O–H groups in total. The summed E-state index contributed by atoms with van der Waals surface area (Å²) in [4.78, 5) is 12.2. The molecule has 8 heteroatoms. The third-order valence-corrected chi connectivity index (χ3v) is 5.32. The Hall–Kier alpha value is -1.65. The van der Waals surface area contributed by atoms with Crippen molar-refractivity contribution in [2.45, 2.75) is 6.42 Å². The Morgan fingerprint density at radius 1 is 1.17 bits per heavy atom. The number of hydrogen-bond acceptors (Lipinski definition) is 3. The topological polar surface area (TPSA) is 92.5 Å². The lowest BCUT2D eigenvalue weighted by Gasteiger charge is -2.16. The minimum absolute atomic E-state index is 0.249. The summed E-state index contributed by atoms with van der Waals surface area (Å²) in [5.74, 6) is -0.249. The lowest BCUT2D eigenvalue weighted by molar-refractivity contribution is 0.102. The Morgan fingerprint density at radius 2 is 1.87 bits per heavy atom. The zero-order chi connectivity index (χ0) is 16.6. The van der Waals surface area contributed by atoms with Gasteiger partial charge in [-0.25, -0.2) is 5.14 Å². The second-order valence-electron chi connectivity index (χ2n) is 5.17. The van der Waals surface area contributed by atoms with Gasteiger partial charge in [-0.3, -0.25) is 9.10 Å². The Bertz CT molecular complexity index is 866. The smallest absolute Gasteiger partial charge is 0.299 e. The molecule has 6 nitrogen and oxygen atoms in total. The molecule has 0 saturated carbocycles. The van der Waals surface area contributed by atoms with Crippen molar-refractivity contribution >= 4 is 50.1 Å². The molecule has 3 rings (SSSR count). The lowest BCUT2D eigenvalue weighted by Crippen LogP contribution is -2.35. The number of hydrogen-bond donors (Lipinski definition) is 2. The number of carbonyl (C=O) groups excluding carboxylic acids is 1. The van der Waals surface area contributed by atoms with E-state index in [2.05, 4.69) is 27.9 Å². The average molecular weight is 443 g/mol. The van der Waals surface area contributed by atoms with E-state index in [1.165, 1.54) is 0 Å². The fourth-order valence-electron chi connectivity index (χ4n) is 2.50. The average Bonchev–Trinajstić information content (AvgIpc) is 2.91. The number of anilines is 2. The van der Waals surface area contributed by atoms with Gasteiger partial charge >= 0.3 is 0 Å². The summed E-state index contributed by atoms with van der Waals surface area (Å²) >= 11 is 2.17. The van der Waals surface area contributed by atoms with Gasteiger partial charge in [-0.2, -0.15) is 8.42 Å². The predicted molar refractivity (Wildman–Crippen MR) is 97.7 cm³/mol. The fraction of sp³-hybridized carbons (Fsp3) is 0.133. The standard InChI is InChI=1S/C15H14IN3O3S/c16-12-4-1-11(2-5-12)15(20)18-13-6-3-10-7-8-19(14(10)9-13)23(17,21)22/h1-6,9H,7-8H2,(H,18,20)(H2,17,21,22). The van der Waals surface area contributed by atoms with Crippen molar-refractivity contribution in [3.63, 3.8) is 0 Å². The normalized spacial score (nSPS) is 13.7. The molecule has 1 aliphatic rings. The molecule has 23 heavy (non-hydrogen) atoms. The van der Waals surface area contributed by atoms with Crippen LogP contribution in [-0.4, -0.2) is 20.9 Å². The van der Waals surface area contributed by atoms with E-state index in [1.54, 1.807) is 24.3 Å². The molecule has 0 radical (unpaired) electrons. The molecule has 1 aliphatic heterocycles. The molecule has 0 saturated heterocycles. The van der Waals surface area contributed by atoms with Crippen LogP contribution in [0.15, 0.2) is 42.5 Å². The summed E-state index contributed by atoms with van der Waals surface area (Å²) in [5, 5.41) is 8.00. The quantitative estimate of drug-likeness (QED) is 0.712. The number of amides is 1. The first-order chi connectivity index (χ1) is 10.8. The van der Waals surface area contributed by atoms with Crippen LogP contribution in [0.4, 0.5) is 11.4 Å². The summed E-state index contributed by atoms with van der Waals surface area (Å²) in [6.07, 6.45) is 0.608. The number of nitrogens with zero attached hydrogens (tertiary/aromatic N) is 1. The highest BCUT2D eigenvalue weighted by Crippen LogP contribution is 2.32. The van der Waals surface area contributed by atoms with E-state index < -0.39 is 10.2 Å². The predicted octanol–water partition coefficient (Wildman–Crippen LogP) is 2.11. The van der Waals surface area contributed by atoms with Gasteiger partial charge in [-0.1, -0.05) is 6.07 Å². The van der Waals surface area contributed by atoms with Crippen molar-refractivity contribution in [2.24, 2.45) is 5.14 Å². The molecule has 0 fully saturated rings. The number of rotatable bonds is 3. The van der Waals surface area contributed by atoms with Crippen LogP contribution in [0.1, 0.15) is 15.9 Å². The van der Waals surface area contributed by atoms with E-state index in [4.69, 9.17) is 5.14 Å². The molecule has 2 aromatic carbocycles. The van der Waals surface area contributed by atoms with Crippen LogP contribution >= 0.6 is 22.6 Å². The number of carbonyl (C=O) groups is 1. The maximum atomic E-state index is 12.2. The van der Waals surface area contributed by atoms with E-state index in [0.717, 1.165) is 13.4 Å². The number of nitrogens with two attached hydrogens (primary N) is 1. The molecule has 0 bridgehead atoms. The highest BCUT2D eigenvalue weighted by molar-refractivity contribution is 14.1. The van der Waals surface area contributed by atoms with Crippen molar-refractivity contribution in [3.8, 4) is 0 Å². The van der Waals surface area contributed by atoms with Crippen molar-refractivity contribution in [3.05, 3.63) is 57.2 Å².